The number of primary amides is 1. The summed E-state index contributed by atoms with van der Waals surface area (Å²) in [4.78, 5) is 9.95. The molecule has 1 aliphatic carbocycles. The molecule has 1 rings (SSSR count). The third-order valence-electron chi connectivity index (χ3n) is 1.08. The molecule has 1 fully saturated rings. The van der Waals surface area contributed by atoms with Gasteiger partial charge in [-0.1, -0.05) is 0 Å². The molecule has 0 heterocycles. The number of hydrogen-bond acceptors (Lipinski definition) is 1. The molecule has 0 aromatic rings. The fourth-order valence-electron chi connectivity index (χ4n) is 0.458. The third kappa shape index (κ3) is 0.706. The van der Waals surface area contributed by atoms with Gasteiger partial charge in [0.25, 0.3) is 0 Å². The molecule has 1 saturated carbocycles. The molecule has 0 bridgehead atoms. The maximum atomic E-state index is 11.7. The Morgan fingerprint density at radius 1 is 1.86 bits per heavy atom. The van der Waals surface area contributed by atoms with Crippen LogP contribution in [0.5, 0.6) is 0 Å². The topological polar surface area (TPSA) is 43.1 Å². The molecule has 2 atom stereocenters. The van der Waals surface area contributed by atoms with Crippen LogP contribution >= 0.6 is 0 Å². The Balaban J connectivity index is 2.33. The lowest BCUT2D eigenvalue weighted by Crippen LogP contribution is -2.13. The Bertz CT molecular complexity index is 104. The van der Waals surface area contributed by atoms with Gasteiger partial charge in [-0.05, 0) is 6.42 Å². The number of rotatable bonds is 1. The van der Waals surface area contributed by atoms with E-state index in [2.05, 4.69) is 0 Å². The highest BCUT2D eigenvalue weighted by Crippen LogP contribution is 2.32. The molecule has 0 saturated heterocycles. The van der Waals surface area contributed by atoms with Crippen LogP contribution in [0, 0.1) is 5.92 Å². The van der Waals surface area contributed by atoms with Crippen LogP contribution in [0.2, 0.25) is 0 Å². The summed E-state index contributed by atoms with van der Waals surface area (Å²) >= 11 is 0. The summed E-state index contributed by atoms with van der Waals surface area (Å²) in [5.74, 6) is -0.965. The third-order valence-corrected chi connectivity index (χ3v) is 1.08. The van der Waals surface area contributed by atoms with Gasteiger partial charge in [-0.3, -0.25) is 4.79 Å². The fourth-order valence-corrected chi connectivity index (χ4v) is 0.458. The summed E-state index contributed by atoms with van der Waals surface area (Å²) < 4.78 is 11.7. The van der Waals surface area contributed by atoms with E-state index in [1.165, 1.54) is 0 Å². The molecular weight excluding hydrogens is 97.0 g/mol. The van der Waals surface area contributed by atoms with Gasteiger partial charge in [0.2, 0.25) is 5.91 Å². The zero-order valence-corrected chi connectivity index (χ0v) is 3.73. The number of carbonyl (C=O) groups excluding carboxylic acids is 1. The minimum Gasteiger partial charge on any atom is -0.369 e. The van der Waals surface area contributed by atoms with Crippen molar-refractivity contribution in [3.8, 4) is 0 Å². The van der Waals surface area contributed by atoms with Crippen molar-refractivity contribution >= 4 is 5.91 Å². The molecule has 0 aromatic carbocycles. The van der Waals surface area contributed by atoms with Crippen LogP contribution in [0.25, 0.3) is 0 Å². The lowest BCUT2D eigenvalue weighted by molar-refractivity contribution is -0.119. The van der Waals surface area contributed by atoms with Gasteiger partial charge in [-0.25, -0.2) is 4.39 Å². The molecular formula is C4H6FNO. The number of halogens is 1. The number of carbonyl (C=O) groups is 1. The maximum absolute atomic E-state index is 11.7. The van der Waals surface area contributed by atoms with Crippen LogP contribution in [-0.2, 0) is 4.79 Å². The first-order valence-corrected chi connectivity index (χ1v) is 2.15. The Morgan fingerprint density at radius 3 is 2.29 bits per heavy atom. The highest BCUT2D eigenvalue weighted by molar-refractivity contribution is 5.80. The molecule has 1 amide bonds. The predicted molar refractivity (Wildman–Crippen MR) is 22.2 cm³/mol. The van der Waals surface area contributed by atoms with E-state index >= 15 is 0 Å². The molecule has 0 radical (unpaired) electrons. The molecule has 0 aromatic heterocycles. The normalized spacial score (nSPS) is 37.9. The molecule has 1 aliphatic rings. The zero-order chi connectivity index (χ0) is 5.44. The first-order valence-electron chi connectivity index (χ1n) is 2.15. The van der Waals surface area contributed by atoms with Gasteiger partial charge in [0.15, 0.2) is 0 Å². The minimum atomic E-state index is -0.933. The summed E-state index contributed by atoms with van der Waals surface area (Å²) in [5.41, 5.74) is 4.71. The summed E-state index contributed by atoms with van der Waals surface area (Å²) in [5, 5.41) is 0. The molecule has 0 spiro atoms. The van der Waals surface area contributed by atoms with Crippen molar-refractivity contribution in [2.24, 2.45) is 11.7 Å². The van der Waals surface area contributed by atoms with Gasteiger partial charge < -0.3 is 5.73 Å². The second-order valence-corrected chi connectivity index (χ2v) is 1.76. The van der Waals surface area contributed by atoms with E-state index in [9.17, 15) is 9.18 Å². The van der Waals surface area contributed by atoms with Crippen LogP contribution in [0.3, 0.4) is 0 Å². The molecule has 40 valence electrons. The van der Waals surface area contributed by atoms with Crippen molar-refractivity contribution in [1.82, 2.24) is 0 Å². The Hall–Kier alpha value is -0.600. The smallest absolute Gasteiger partial charge is 0.223 e. The largest absolute Gasteiger partial charge is 0.369 e. The predicted octanol–water partition coefficient (Wildman–Crippen LogP) is -0.170. The van der Waals surface area contributed by atoms with E-state index in [1.807, 2.05) is 0 Å². The van der Waals surface area contributed by atoms with E-state index < -0.39 is 18.0 Å². The first-order chi connectivity index (χ1) is 3.22. The van der Waals surface area contributed by atoms with Crippen molar-refractivity contribution < 1.29 is 9.18 Å². The Kier molecular flexibility index (Phi) is 0.770. The van der Waals surface area contributed by atoms with Crippen molar-refractivity contribution in [1.29, 1.82) is 0 Å². The zero-order valence-electron chi connectivity index (χ0n) is 3.73. The lowest BCUT2D eigenvalue weighted by Gasteiger charge is -1.79. The number of nitrogens with two attached hydrogens (primary N) is 1. The molecule has 3 heteroatoms. The van der Waals surface area contributed by atoms with Gasteiger partial charge in [-0.2, -0.15) is 0 Å². The molecule has 0 unspecified atom stereocenters. The van der Waals surface area contributed by atoms with Gasteiger partial charge in [-0.15, -0.1) is 0 Å². The number of amides is 1. The highest BCUT2D eigenvalue weighted by Gasteiger charge is 2.42. The van der Waals surface area contributed by atoms with E-state index in [1.54, 1.807) is 0 Å². The summed E-state index contributed by atoms with van der Waals surface area (Å²) in [7, 11) is 0. The molecule has 7 heavy (non-hydrogen) atoms. The standard InChI is InChI=1S/C4H6FNO/c5-3-1-2(3)4(6)7/h2-3H,1H2,(H2,6,7)/t2-,3-/m1/s1. The molecule has 0 aliphatic heterocycles. The maximum Gasteiger partial charge on any atom is 0.223 e. The average molecular weight is 103 g/mol. The van der Waals surface area contributed by atoms with Crippen molar-refractivity contribution in [3.63, 3.8) is 0 Å². The van der Waals surface area contributed by atoms with E-state index in [0.29, 0.717) is 6.42 Å². The van der Waals surface area contributed by atoms with Crippen LogP contribution in [-0.4, -0.2) is 12.1 Å². The highest BCUT2D eigenvalue weighted by atomic mass is 19.1. The lowest BCUT2D eigenvalue weighted by atomic mass is 10.4. The molecule has 2 nitrogen and oxygen atoms in total. The summed E-state index contributed by atoms with van der Waals surface area (Å²) in [6.07, 6.45) is -0.590. The SMILES string of the molecule is NC(=O)[C@@H]1C[C@H]1F. The number of alkyl halides is 1. The van der Waals surface area contributed by atoms with E-state index in [4.69, 9.17) is 5.73 Å². The van der Waals surface area contributed by atoms with E-state index in [-0.39, 0.29) is 0 Å². The second-order valence-electron chi connectivity index (χ2n) is 1.76. The van der Waals surface area contributed by atoms with Crippen molar-refractivity contribution in [3.05, 3.63) is 0 Å². The van der Waals surface area contributed by atoms with Gasteiger partial charge in [0, 0.05) is 0 Å². The second kappa shape index (κ2) is 1.18. The van der Waals surface area contributed by atoms with Crippen LogP contribution in [0.1, 0.15) is 6.42 Å². The monoisotopic (exact) mass is 103 g/mol. The van der Waals surface area contributed by atoms with Gasteiger partial charge in [0.05, 0.1) is 5.92 Å². The minimum absolute atomic E-state index is 0.343. The number of hydrogen-bond donors (Lipinski definition) is 1. The summed E-state index contributed by atoms with van der Waals surface area (Å²) in [6, 6.07) is 0. The van der Waals surface area contributed by atoms with Crippen molar-refractivity contribution in [2.45, 2.75) is 12.6 Å². The average Bonchev–Trinajstić information content (AvgIpc) is 2.17. The Labute approximate surface area is 40.5 Å². The van der Waals surface area contributed by atoms with Crippen LogP contribution in [0.15, 0.2) is 0 Å². The fraction of sp³-hybridized carbons (Fsp3) is 0.750. The van der Waals surface area contributed by atoms with Gasteiger partial charge in [0.1, 0.15) is 6.17 Å². The quantitative estimate of drug-likeness (QED) is 0.492. The van der Waals surface area contributed by atoms with Crippen molar-refractivity contribution in [2.75, 3.05) is 0 Å². The molecule has 2 N–H and O–H groups in total. The van der Waals surface area contributed by atoms with Gasteiger partial charge >= 0.3 is 0 Å². The van der Waals surface area contributed by atoms with Crippen LogP contribution in [0.4, 0.5) is 4.39 Å². The van der Waals surface area contributed by atoms with E-state index in [0.717, 1.165) is 0 Å². The van der Waals surface area contributed by atoms with Crippen LogP contribution < -0.4 is 5.73 Å². The Morgan fingerprint density at radius 2 is 2.29 bits per heavy atom. The summed E-state index contributed by atoms with van der Waals surface area (Å²) in [6.45, 7) is 0. The first kappa shape index (κ1) is 4.56.